The molecule has 29 heavy (non-hydrogen) atoms. The fourth-order valence-corrected chi connectivity index (χ4v) is 3.01. The number of hydrogen-bond acceptors (Lipinski definition) is 6. The van der Waals surface area contributed by atoms with Crippen LogP contribution in [0.15, 0.2) is 41.2 Å². The van der Waals surface area contributed by atoms with Gasteiger partial charge in [-0.1, -0.05) is 0 Å². The van der Waals surface area contributed by atoms with Crippen molar-refractivity contribution in [3.63, 3.8) is 0 Å². The molecule has 0 saturated carbocycles. The number of rotatable bonds is 7. The SMILES string of the molecule is CCN(Cc1nc2cc(OC)c(OC)cc2c(=O)[nH]1)C(=O)c1ccc(OC)cc1. The Hall–Kier alpha value is -3.55. The Balaban J connectivity index is 1.92. The van der Waals surface area contributed by atoms with E-state index in [1.807, 2.05) is 6.92 Å². The Morgan fingerprint density at radius 3 is 2.28 bits per heavy atom. The molecule has 3 aromatic rings. The highest BCUT2D eigenvalue weighted by Crippen LogP contribution is 2.30. The quantitative estimate of drug-likeness (QED) is 0.659. The molecule has 8 nitrogen and oxygen atoms in total. The summed E-state index contributed by atoms with van der Waals surface area (Å²) in [6, 6.07) is 10.1. The van der Waals surface area contributed by atoms with Gasteiger partial charge in [0.2, 0.25) is 0 Å². The van der Waals surface area contributed by atoms with E-state index in [0.29, 0.717) is 46.1 Å². The third-order valence-electron chi connectivity index (χ3n) is 4.61. The highest BCUT2D eigenvalue weighted by atomic mass is 16.5. The van der Waals surface area contributed by atoms with Crippen LogP contribution in [0.2, 0.25) is 0 Å². The van der Waals surface area contributed by atoms with Crippen LogP contribution in [0, 0.1) is 0 Å². The summed E-state index contributed by atoms with van der Waals surface area (Å²) in [5.74, 6) is 1.83. The van der Waals surface area contributed by atoms with E-state index in [0.717, 1.165) is 0 Å². The van der Waals surface area contributed by atoms with Crippen molar-refractivity contribution in [2.45, 2.75) is 13.5 Å². The summed E-state index contributed by atoms with van der Waals surface area (Å²) in [7, 11) is 4.59. The zero-order valence-electron chi connectivity index (χ0n) is 16.8. The van der Waals surface area contributed by atoms with Crippen molar-refractivity contribution >= 4 is 16.8 Å². The number of aromatic amines is 1. The number of methoxy groups -OCH3 is 3. The topological polar surface area (TPSA) is 93.8 Å². The minimum Gasteiger partial charge on any atom is -0.497 e. The number of amides is 1. The molecular weight excluding hydrogens is 374 g/mol. The molecule has 1 N–H and O–H groups in total. The smallest absolute Gasteiger partial charge is 0.258 e. The normalized spacial score (nSPS) is 10.6. The molecule has 0 saturated heterocycles. The van der Waals surface area contributed by atoms with Gasteiger partial charge in [-0.15, -0.1) is 0 Å². The first-order chi connectivity index (χ1) is 14.0. The van der Waals surface area contributed by atoms with E-state index in [2.05, 4.69) is 9.97 Å². The lowest BCUT2D eigenvalue weighted by Crippen LogP contribution is -2.32. The molecule has 3 rings (SSSR count). The van der Waals surface area contributed by atoms with Crippen LogP contribution in [0.4, 0.5) is 0 Å². The number of H-pyrrole nitrogens is 1. The van der Waals surface area contributed by atoms with Crippen molar-refractivity contribution < 1.29 is 19.0 Å². The van der Waals surface area contributed by atoms with Gasteiger partial charge in [-0.05, 0) is 37.3 Å². The van der Waals surface area contributed by atoms with E-state index in [-0.39, 0.29) is 18.0 Å². The number of aromatic nitrogens is 2. The van der Waals surface area contributed by atoms with E-state index in [1.165, 1.54) is 14.2 Å². The maximum Gasteiger partial charge on any atom is 0.258 e. The summed E-state index contributed by atoms with van der Waals surface area (Å²) in [5, 5.41) is 0.385. The second-order valence-corrected chi connectivity index (χ2v) is 6.28. The first kappa shape index (κ1) is 20.2. The number of carbonyl (C=O) groups excluding carboxylic acids is 1. The number of fused-ring (bicyclic) bond motifs is 1. The van der Waals surface area contributed by atoms with Crippen LogP contribution >= 0.6 is 0 Å². The van der Waals surface area contributed by atoms with Gasteiger partial charge in [0, 0.05) is 18.2 Å². The summed E-state index contributed by atoms with van der Waals surface area (Å²) in [4.78, 5) is 34.2. The van der Waals surface area contributed by atoms with Crippen LogP contribution in [-0.4, -0.2) is 48.6 Å². The Morgan fingerprint density at radius 1 is 1.03 bits per heavy atom. The van der Waals surface area contributed by atoms with Crippen LogP contribution in [0.3, 0.4) is 0 Å². The van der Waals surface area contributed by atoms with Crippen molar-refractivity contribution in [1.82, 2.24) is 14.9 Å². The molecule has 0 radical (unpaired) electrons. The van der Waals surface area contributed by atoms with Gasteiger partial charge in [-0.2, -0.15) is 0 Å². The van der Waals surface area contributed by atoms with Crippen molar-refractivity contribution in [2.75, 3.05) is 27.9 Å². The summed E-state index contributed by atoms with van der Waals surface area (Å²) in [6.45, 7) is 2.49. The summed E-state index contributed by atoms with van der Waals surface area (Å²) < 4.78 is 15.7. The zero-order chi connectivity index (χ0) is 21.0. The highest BCUT2D eigenvalue weighted by Gasteiger charge is 2.17. The standard InChI is InChI=1S/C21H23N3O5/c1-5-24(21(26)13-6-8-14(27-2)9-7-13)12-19-22-16-11-18(29-4)17(28-3)10-15(16)20(25)23-19/h6-11H,5,12H2,1-4H3,(H,22,23,25). The molecule has 1 aromatic heterocycles. The third kappa shape index (κ3) is 4.16. The Morgan fingerprint density at radius 2 is 1.69 bits per heavy atom. The van der Waals surface area contributed by atoms with Gasteiger partial charge in [0.15, 0.2) is 11.5 Å². The van der Waals surface area contributed by atoms with E-state index in [4.69, 9.17) is 14.2 Å². The lowest BCUT2D eigenvalue weighted by atomic mass is 10.2. The second-order valence-electron chi connectivity index (χ2n) is 6.28. The summed E-state index contributed by atoms with van der Waals surface area (Å²) in [6.07, 6.45) is 0. The second kappa shape index (κ2) is 8.64. The fourth-order valence-electron chi connectivity index (χ4n) is 3.01. The zero-order valence-corrected chi connectivity index (χ0v) is 16.8. The molecule has 0 aliphatic heterocycles. The predicted molar refractivity (Wildman–Crippen MR) is 109 cm³/mol. The van der Waals surface area contributed by atoms with E-state index in [1.54, 1.807) is 48.4 Å². The number of nitrogens with one attached hydrogen (secondary N) is 1. The van der Waals surface area contributed by atoms with Gasteiger partial charge in [0.1, 0.15) is 11.6 Å². The molecule has 2 aromatic carbocycles. The maximum atomic E-state index is 12.8. The largest absolute Gasteiger partial charge is 0.497 e. The number of hydrogen-bond donors (Lipinski definition) is 1. The minimum atomic E-state index is -0.307. The van der Waals surface area contributed by atoms with Crippen LogP contribution in [0.1, 0.15) is 23.1 Å². The minimum absolute atomic E-state index is 0.162. The summed E-state index contributed by atoms with van der Waals surface area (Å²) >= 11 is 0. The average molecular weight is 397 g/mol. The van der Waals surface area contributed by atoms with Crippen molar-refractivity contribution in [1.29, 1.82) is 0 Å². The lowest BCUT2D eigenvalue weighted by molar-refractivity contribution is 0.0748. The molecule has 152 valence electrons. The number of ether oxygens (including phenoxy) is 3. The van der Waals surface area contributed by atoms with Crippen LogP contribution in [0.25, 0.3) is 10.9 Å². The molecule has 0 unspecified atom stereocenters. The van der Waals surface area contributed by atoms with Gasteiger partial charge in [0.05, 0.1) is 38.8 Å². The van der Waals surface area contributed by atoms with Crippen molar-refractivity contribution in [3.05, 3.63) is 58.1 Å². The van der Waals surface area contributed by atoms with Crippen molar-refractivity contribution in [2.24, 2.45) is 0 Å². The number of nitrogens with zero attached hydrogens (tertiary/aromatic N) is 2. The van der Waals surface area contributed by atoms with Gasteiger partial charge in [0.25, 0.3) is 11.5 Å². The highest BCUT2D eigenvalue weighted by molar-refractivity contribution is 5.94. The Labute approximate surface area is 168 Å². The van der Waals surface area contributed by atoms with Crippen molar-refractivity contribution in [3.8, 4) is 17.2 Å². The molecule has 1 heterocycles. The van der Waals surface area contributed by atoms with Crippen LogP contribution in [0.5, 0.6) is 17.2 Å². The third-order valence-corrected chi connectivity index (χ3v) is 4.61. The Kier molecular flexibility index (Phi) is 6.01. The first-order valence-corrected chi connectivity index (χ1v) is 9.09. The van der Waals surface area contributed by atoms with Crippen LogP contribution in [-0.2, 0) is 6.54 Å². The van der Waals surface area contributed by atoms with E-state index < -0.39 is 0 Å². The molecular formula is C21H23N3O5. The van der Waals surface area contributed by atoms with Gasteiger partial charge in [-0.25, -0.2) is 4.98 Å². The molecule has 1 amide bonds. The average Bonchev–Trinajstić information content (AvgIpc) is 2.76. The first-order valence-electron chi connectivity index (χ1n) is 9.09. The Bertz CT molecular complexity index is 1080. The predicted octanol–water partition coefficient (Wildman–Crippen LogP) is 2.61. The number of benzene rings is 2. The van der Waals surface area contributed by atoms with Crippen LogP contribution < -0.4 is 19.8 Å². The molecule has 0 atom stereocenters. The molecule has 0 bridgehead atoms. The lowest BCUT2D eigenvalue weighted by Gasteiger charge is -2.20. The fraction of sp³-hybridized carbons (Fsp3) is 0.286. The molecule has 0 aliphatic carbocycles. The molecule has 0 spiro atoms. The van der Waals surface area contributed by atoms with E-state index >= 15 is 0 Å². The van der Waals surface area contributed by atoms with E-state index in [9.17, 15) is 9.59 Å². The van der Waals surface area contributed by atoms with Gasteiger partial charge < -0.3 is 24.1 Å². The van der Waals surface area contributed by atoms with Gasteiger partial charge in [-0.3, -0.25) is 9.59 Å². The monoisotopic (exact) mass is 397 g/mol. The number of carbonyl (C=O) groups is 1. The molecule has 0 fully saturated rings. The summed E-state index contributed by atoms with van der Waals surface area (Å²) in [5.41, 5.74) is 0.690. The maximum absolute atomic E-state index is 12.8. The van der Waals surface area contributed by atoms with Gasteiger partial charge >= 0.3 is 0 Å². The molecule has 0 aliphatic rings. The molecule has 8 heteroatoms.